The summed E-state index contributed by atoms with van der Waals surface area (Å²) in [6, 6.07) is 21.2. The Balaban J connectivity index is 0.000000389. The summed E-state index contributed by atoms with van der Waals surface area (Å²) in [5.74, 6) is 0. The van der Waals surface area contributed by atoms with Crippen LogP contribution in [0.4, 0.5) is 0 Å². The van der Waals surface area contributed by atoms with E-state index in [1.54, 1.807) is 0 Å². The monoisotopic (exact) mass is 615 g/mol. The van der Waals surface area contributed by atoms with Crippen molar-refractivity contribution in [3.05, 3.63) is 99.2 Å². The van der Waals surface area contributed by atoms with E-state index in [9.17, 15) is 0 Å². The highest BCUT2D eigenvalue weighted by Crippen LogP contribution is 2.41. The molecule has 0 spiro atoms. The smallest absolute Gasteiger partial charge is 0.0705 e. The Bertz CT molecular complexity index is 1490. The topological polar surface area (TPSA) is 42.1 Å². The minimum Gasteiger partial charge on any atom is -0.378 e. The van der Waals surface area contributed by atoms with Crippen molar-refractivity contribution in [2.24, 2.45) is 5.73 Å². The second-order valence-electron chi connectivity index (χ2n) is 11.0. The predicted octanol–water partition coefficient (Wildman–Crippen LogP) is 11.1. The molecular formula is C38H50ClN3S. The highest BCUT2D eigenvalue weighted by Gasteiger charge is 2.15. The minimum atomic E-state index is 0.504. The molecule has 5 rings (SSSR count). The van der Waals surface area contributed by atoms with Gasteiger partial charge in [-0.25, -0.2) is 0 Å². The van der Waals surface area contributed by atoms with Crippen LogP contribution in [0, 0.1) is 6.92 Å². The number of nitrogens with two attached hydrogens (primary N) is 1. The standard InChI is InChI=1S/C28H29ClN2S.C7H13N.C3H8/c1-4-8-26-19(5-2)16-27(32-26)24-12-7-11-23(28(24)29)20-9-6-10-21(15-20)25-14-13-22(17-30)18(3)31-25;1-3-4-7-5-6-8(7)2;1-3-2/h6-7,9-16H,4-5,8,17,30H2,1-3H3;4H,3,5-6H2,1-2H3;3H2,1-2H3/b;7-4+;. The number of rotatable bonds is 8. The number of allylic oxidation sites excluding steroid dienone is 1. The Kier molecular flexibility index (Phi) is 14.0. The summed E-state index contributed by atoms with van der Waals surface area (Å²) >= 11 is 8.88. The Hall–Kier alpha value is -2.92. The quantitative estimate of drug-likeness (QED) is 0.214. The molecule has 0 saturated carbocycles. The highest BCUT2D eigenvalue weighted by atomic mass is 35.5. The third-order valence-electron chi connectivity index (χ3n) is 7.54. The third kappa shape index (κ3) is 9.04. The normalized spacial score (nSPS) is 13.1. The molecule has 230 valence electrons. The van der Waals surface area contributed by atoms with Gasteiger partial charge in [0.15, 0.2) is 0 Å². The first-order valence-corrected chi connectivity index (χ1v) is 17.1. The summed E-state index contributed by atoms with van der Waals surface area (Å²) in [5, 5.41) is 0.805. The van der Waals surface area contributed by atoms with Gasteiger partial charge in [-0.2, -0.15) is 0 Å². The number of hydrogen-bond acceptors (Lipinski definition) is 4. The lowest BCUT2D eigenvalue weighted by Crippen LogP contribution is -2.30. The molecule has 0 radical (unpaired) electrons. The lowest BCUT2D eigenvalue weighted by atomic mass is 9.98. The fourth-order valence-electron chi connectivity index (χ4n) is 5.05. The number of likely N-dealkylation sites (tertiary alicyclic amines) is 1. The first-order chi connectivity index (χ1) is 20.8. The molecule has 5 heteroatoms. The van der Waals surface area contributed by atoms with Crippen LogP contribution >= 0.6 is 22.9 Å². The molecule has 1 aliphatic heterocycles. The molecule has 43 heavy (non-hydrogen) atoms. The molecule has 0 atom stereocenters. The maximum Gasteiger partial charge on any atom is 0.0705 e. The van der Waals surface area contributed by atoms with Crippen molar-refractivity contribution in [2.45, 2.75) is 86.6 Å². The van der Waals surface area contributed by atoms with E-state index in [4.69, 9.17) is 22.3 Å². The van der Waals surface area contributed by atoms with Crippen LogP contribution in [0.25, 0.3) is 32.8 Å². The van der Waals surface area contributed by atoms with Crippen molar-refractivity contribution in [3.8, 4) is 32.8 Å². The van der Waals surface area contributed by atoms with Crippen LogP contribution in [0.15, 0.2) is 72.4 Å². The second-order valence-corrected chi connectivity index (χ2v) is 12.6. The molecular weight excluding hydrogens is 566 g/mol. The van der Waals surface area contributed by atoms with E-state index < -0.39 is 0 Å². The molecule has 2 aromatic heterocycles. The zero-order valence-electron chi connectivity index (χ0n) is 27.3. The van der Waals surface area contributed by atoms with Crippen LogP contribution in [0.5, 0.6) is 0 Å². The van der Waals surface area contributed by atoms with E-state index in [2.05, 4.69) is 107 Å². The van der Waals surface area contributed by atoms with E-state index >= 15 is 0 Å². The summed E-state index contributed by atoms with van der Waals surface area (Å²) in [6.07, 6.45) is 9.36. The largest absolute Gasteiger partial charge is 0.378 e. The number of nitrogens with zero attached hydrogens (tertiary/aromatic N) is 2. The van der Waals surface area contributed by atoms with Gasteiger partial charge in [-0.05, 0) is 61.1 Å². The van der Waals surface area contributed by atoms with Gasteiger partial charge in [0.25, 0.3) is 0 Å². The Morgan fingerprint density at radius 1 is 0.930 bits per heavy atom. The average Bonchev–Trinajstić information content (AvgIpc) is 3.42. The molecule has 4 aromatic rings. The number of pyridine rings is 1. The molecule has 3 nitrogen and oxygen atoms in total. The first kappa shape index (κ1) is 34.6. The van der Waals surface area contributed by atoms with Crippen LogP contribution in [0.2, 0.25) is 5.02 Å². The number of hydrogen-bond donors (Lipinski definition) is 1. The van der Waals surface area contributed by atoms with Crippen LogP contribution < -0.4 is 5.73 Å². The van der Waals surface area contributed by atoms with E-state index in [1.165, 1.54) is 46.8 Å². The zero-order valence-corrected chi connectivity index (χ0v) is 28.8. The van der Waals surface area contributed by atoms with E-state index in [0.29, 0.717) is 6.54 Å². The molecule has 2 N–H and O–H groups in total. The molecule has 0 aliphatic carbocycles. The number of benzene rings is 2. The summed E-state index contributed by atoms with van der Waals surface area (Å²) in [6.45, 7) is 14.7. The van der Waals surface area contributed by atoms with Gasteiger partial charge in [-0.3, -0.25) is 4.98 Å². The van der Waals surface area contributed by atoms with Crippen molar-refractivity contribution >= 4 is 22.9 Å². The van der Waals surface area contributed by atoms with Gasteiger partial charge < -0.3 is 10.6 Å². The van der Waals surface area contributed by atoms with Crippen LogP contribution in [0.1, 0.15) is 82.0 Å². The van der Waals surface area contributed by atoms with Gasteiger partial charge in [0.2, 0.25) is 0 Å². The summed E-state index contributed by atoms with van der Waals surface area (Å²) in [5.41, 5.74) is 16.1. The Morgan fingerprint density at radius 3 is 2.19 bits per heavy atom. The van der Waals surface area contributed by atoms with E-state index in [-0.39, 0.29) is 0 Å². The van der Waals surface area contributed by atoms with Crippen molar-refractivity contribution in [3.63, 3.8) is 0 Å². The molecule has 1 fully saturated rings. The number of aromatic nitrogens is 1. The molecule has 1 saturated heterocycles. The van der Waals surface area contributed by atoms with Crippen LogP contribution in [-0.2, 0) is 19.4 Å². The summed E-state index contributed by atoms with van der Waals surface area (Å²) < 4.78 is 0. The minimum absolute atomic E-state index is 0.504. The molecule has 1 aliphatic rings. The lowest BCUT2D eigenvalue weighted by Gasteiger charge is -2.32. The summed E-state index contributed by atoms with van der Waals surface area (Å²) in [7, 11) is 2.14. The van der Waals surface area contributed by atoms with E-state index in [0.717, 1.165) is 63.5 Å². The lowest BCUT2D eigenvalue weighted by molar-refractivity contribution is 0.311. The molecule has 0 bridgehead atoms. The molecule has 2 aromatic carbocycles. The fourth-order valence-corrected chi connectivity index (χ4v) is 6.83. The number of aryl methyl sites for hydroxylation is 3. The maximum atomic E-state index is 7.00. The van der Waals surface area contributed by atoms with Gasteiger partial charge in [0, 0.05) is 64.4 Å². The second kappa shape index (κ2) is 17.4. The van der Waals surface area contributed by atoms with Gasteiger partial charge in [0.05, 0.1) is 10.7 Å². The molecule has 3 heterocycles. The van der Waals surface area contributed by atoms with Crippen molar-refractivity contribution in [1.82, 2.24) is 9.88 Å². The molecule has 0 amide bonds. The van der Waals surface area contributed by atoms with Crippen LogP contribution in [0.3, 0.4) is 0 Å². The fraction of sp³-hybridized carbons (Fsp3) is 0.395. The van der Waals surface area contributed by atoms with Crippen molar-refractivity contribution < 1.29 is 0 Å². The number of halogens is 1. The summed E-state index contributed by atoms with van der Waals surface area (Å²) in [4.78, 5) is 9.79. The third-order valence-corrected chi connectivity index (χ3v) is 9.21. The van der Waals surface area contributed by atoms with Gasteiger partial charge in [0.1, 0.15) is 0 Å². The van der Waals surface area contributed by atoms with Crippen molar-refractivity contribution in [2.75, 3.05) is 13.6 Å². The SMILES string of the molecule is CC/C=C1\CCN1C.CCC.CCCc1sc(-c2cccc(-c3cccc(-c4ccc(CN)c(C)n4)c3)c2Cl)cc1CC. The highest BCUT2D eigenvalue weighted by molar-refractivity contribution is 7.15. The van der Waals surface area contributed by atoms with Crippen LogP contribution in [-0.4, -0.2) is 23.5 Å². The van der Waals surface area contributed by atoms with Crippen molar-refractivity contribution in [1.29, 1.82) is 0 Å². The average molecular weight is 616 g/mol. The Morgan fingerprint density at radius 2 is 1.63 bits per heavy atom. The van der Waals surface area contributed by atoms with Gasteiger partial charge >= 0.3 is 0 Å². The predicted molar refractivity (Wildman–Crippen MR) is 191 cm³/mol. The first-order valence-electron chi connectivity index (χ1n) is 15.9. The van der Waals surface area contributed by atoms with E-state index in [1.807, 2.05) is 24.3 Å². The number of thiophene rings is 1. The van der Waals surface area contributed by atoms with Gasteiger partial charge in [-0.15, -0.1) is 11.3 Å². The molecule has 0 unspecified atom stereocenters. The van der Waals surface area contributed by atoms with Gasteiger partial charge in [-0.1, -0.05) is 108 Å². The Labute approximate surface area is 269 Å². The zero-order chi connectivity index (χ0) is 31.4. The maximum absolute atomic E-state index is 7.00.